The Morgan fingerprint density at radius 3 is 2.50 bits per heavy atom. The summed E-state index contributed by atoms with van der Waals surface area (Å²) in [6.07, 6.45) is 1.41. The molecule has 0 spiro atoms. The maximum absolute atomic E-state index is 12.1. The molecule has 0 aromatic carbocycles. The van der Waals surface area contributed by atoms with Gasteiger partial charge in [0.05, 0.1) is 0 Å². The molecular weight excluding hydrogens is 280 g/mol. The second-order valence-electron chi connectivity index (χ2n) is 5.09. The van der Waals surface area contributed by atoms with Gasteiger partial charge in [0, 0.05) is 52.5 Å². The Kier molecular flexibility index (Phi) is 4.63. The SMILES string of the molecule is CN1CCN(CCNS(=O)(=O)c2cn(C)nc2N)CC1. The van der Waals surface area contributed by atoms with Crippen LogP contribution in [-0.4, -0.2) is 74.3 Å². The largest absolute Gasteiger partial charge is 0.381 e. The van der Waals surface area contributed by atoms with Gasteiger partial charge in [-0.05, 0) is 7.05 Å². The van der Waals surface area contributed by atoms with Crippen LogP contribution in [-0.2, 0) is 17.1 Å². The number of nitrogens with zero attached hydrogens (tertiary/aromatic N) is 4. The molecule has 114 valence electrons. The van der Waals surface area contributed by atoms with Gasteiger partial charge in [-0.2, -0.15) is 5.10 Å². The summed E-state index contributed by atoms with van der Waals surface area (Å²) in [7, 11) is 0.150. The molecule has 0 bridgehead atoms. The molecule has 0 saturated carbocycles. The number of piperazine rings is 1. The van der Waals surface area contributed by atoms with Gasteiger partial charge < -0.3 is 10.6 Å². The molecule has 0 unspecified atom stereocenters. The average Bonchev–Trinajstić information content (AvgIpc) is 2.72. The smallest absolute Gasteiger partial charge is 0.245 e. The number of aromatic nitrogens is 2. The lowest BCUT2D eigenvalue weighted by Crippen LogP contribution is -2.46. The fourth-order valence-electron chi connectivity index (χ4n) is 2.18. The molecule has 1 aliphatic rings. The number of nitrogens with one attached hydrogen (secondary N) is 1. The van der Waals surface area contributed by atoms with Crippen molar-refractivity contribution in [1.29, 1.82) is 0 Å². The summed E-state index contributed by atoms with van der Waals surface area (Å²) in [6, 6.07) is 0. The molecule has 0 radical (unpaired) electrons. The van der Waals surface area contributed by atoms with E-state index in [4.69, 9.17) is 5.73 Å². The predicted molar refractivity (Wildman–Crippen MR) is 76.7 cm³/mol. The quantitative estimate of drug-likeness (QED) is 0.689. The molecule has 8 nitrogen and oxygen atoms in total. The van der Waals surface area contributed by atoms with Crippen molar-refractivity contribution in [3.8, 4) is 0 Å². The van der Waals surface area contributed by atoms with E-state index in [1.165, 1.54) is 10.9 Å². The first-order valence-corrected chi connectivity index (χ1v) is 8.06. The minimum atomic E-state index is -3.58. The zero-order valence-corrected chi connectivity index (χ0v) is 12.7. The van der Waals surface area contributed by atoms with Crippen LogP contribution in [0.4, 0.5) is 5.82 Å². The molecular formula is C11H22N6O2S. The van der Waals surface area contributed by atoms with Crippen LogP contribution in [0.1, 0.15) is 0 Å². The van der Waals surface area contributed by atoms with Crippen molar-refractivity contribution in [2.24, 2.45) is 7.05 Å². The van der Waals surface area contributed by atoms with Gasteiger partial charge in [-0.3, -0.25) is 9.58 Å². The molecule has 0 atom stereocenters. The number of anilines is 1. The van der Waals surface area contributed by atoms with Crippen molar-refractivity contribution in [3.63, 3.8) is 0 Å². The summed E-state index contributed by atoms with van der Waals surface area (Å²) >= 11 is 0. The Morgan fingerprint density at radius 1 is 1.30 bits per heavy atom. The van der Waals surface area contributed by atoms with Crippen LogP contribution in [0.5, 0.6) is 0 Å². The number of hydrogen-bond acceptors (Lipinski definition) is 6. The van der Waals surface area contributed by atoms with Crippen LogP contribution < -0.4 is 10.5 Å². The summed E-state index contributed by atoms with van der Waals surface area (Å²) < 4.78 is 28.1. The number of nitrogen functional groups attached to an aromatic ring is 1. The van der Waals surface area contributed by atoms with Crippen molar-refractivity contribution in [1.82, 2.24) is 24.3 Å². The molecule has 1 aliphatic heterocycles. The van der Waals surface area contributed by atoms with E-state index in [0.29, 0.717) is 13.1 Å². The Labute approximate surface area is 119 Å². The van der Waals surface area contributed by atoms with Crippen LogP contribution in [0.25, 0.3) is 0 Å². The van der Waals surface area contributed by atoms with Crippen LogP contribution in [0.3, 0.4) is 0 Å². The highest BCUT2D eigenvalue weighted by Gasteiger charge is 2.21. The number of likely N-dealkylation sites (N-methyl/N-ethyl adjacent to an activating group) is 1. The molecule has 0 aliphatic carbocycles. The van der Waals surface area contributed by atoms with E-state index >= 15 is 0 Å². The molecule has 0 amide bonds. The Balaban J connectivity index is 1.85. The standard InChI is InChI=1S/C11H22N6O2S/c1-15-5-7-17(8-6-15)4-3-13-20(18,19)10-9-16(2)14-11(10)12/h9,13H,3-8H2,1-2H3,(H2,12,14). The van der Waals surface area contributed by atoms with Crippen molar-refractivity contribution < 1.29 is 8.42 Å². The lowest BCUT2D eigenvalue weighted by molar-refractivity contribution is 0.156. The summed E-state index contributed by atoms with van der Waals surface area (Å²) in [5.74, 6) is 0.0274. The highest BCUT2D eigenvalue weighted by atomic mass is 32.2. The fourth-order valence-corrected chi connectivity index (χ4v) is 3.30. The topological polar surface area (TPSA) is 96.5 Å². The summed E-state index contributed by atoms with van der Waals surface area (Å²) in [4.78, 5) is 4.55. The van der Waals surface area contributed by atoms with E-state index < -0.39 is 10.0 Å². The minimum Gasteiger partial charge on any atom is -0.381 e. The lowest BCUT2D eigenvalue weighted by Gasteiger charge is -2.32. The van der Waals surface area contributed by atoms with Gasteiger partial charge in [0.1, 0.15) is 4.90 Å². The number of hydrogen-bond donors (Lipinski definition) is 2. The Hall–Kier alpha value is -1.16. The van der Waals surface area contributed by atoms with Crippen molar-refractivity contribution in [2.75, 3.05) is 52.0 Å². The van der Waals surface area contributed by atoms with Gasteiger partial charge >= 0.3 is 0 Å². The molecule has 1 aromatic heterocycles. The second kappa shape index (κ2) is 6.08. The number of aryl methyl sites for hydroxylation is 1. The molecule has 20 heavy (non-hydrogen) atoms. The Morgan fingerprint density at radius 2 is 1.95 bits per heavy atom. The molecule has 1 saturated heterocycles. The van der Waals surface area contributed by atoms with Crippen LogP contribution in [0.15, 0.2) is 11.1 Å². The number of nitrogens with two attached hydrogens (primary N) is 1. The van der Waals surface area contributed by atoms with Gasteiger partial charge in [-0.1, -0.05) is 0 Å². The number of sulfonamides is 1. The lowest BCUT2D eigenvalue weighted by atomic mass is 10.3. The predicted octanol–water partition coefficient (Wildman–Crippen LogP) is -1.47. The first-order valence-electron chi connectivity index (χ1n) is 6.58. The first kappa shape index (κ1) is 15.2. The van der Waals surface area contributed by atoms with E-state index in [-0.39, 0.29) is 10.7 Å². The normalized spacial score (nSPS) is 18.5. The third-order valence-corrected chi connectivity index (χ3v) is 4.91. The molecule has 2 rings (SSSR count). The van der Waals surface area contributed by atoms with Gasteiger partial charge in [-0.25, -0.2) is 13.1 Å². The van der Waals surface area contributed by atoms with Crippen LogP contribution in [0.2, 0.25) is 0 Å². The third kappa shape index (κ3) is 3.69. The van der Waals surface area contributed by atoms with Crippen LogP contribution >= 0.6 is 0 Å². The highest BCUT2D eigenvalue weighted by molar-refractivity contribution is 7.89. The van der Waals surface area contributed by atoms with Gasteiger partial charge in [-0.15, -0.1) is 0 Å². The van der Waals surface area contributed by atoms with Crippen molar-refractivity contribution >= 4 is 15.8 Å². The summed E-state index contributed by atoms with van der Waals surface area (Å²) in [5, 5.41) is 3.84. The molecule has 1 aromatic rings. The van der Waals surface area contributed by atoms with E-state index in [1.54, 1.807) is 7.05 Å². The zero-order chi connectivity index (χ0) is 14.8. The van der Waals surface area contributed by atoms with E-state index in [1.807, 2.05) is 0 Å². The summed E-state index contributed by atoms with van der Waals surface area (Å²) in [6.45, 7) is 5.04. The van der Waals surface area contributed by atoms with Gasteiger partial charge in [0.25, 0.3) is 0 Å². The second-order valence-corrected chi connectivity index (χ2v) is 6.83. The molecule has 1 fully saturated rings. The van der Waals surface area contributed by atoms with E-state index in [9.17, 15) is 8.42 Å². The first-order chi connectivity index (χ1) is 9.38. The van der Waals surface area contributed by atoms with Crippen LogP contribution in [0, 0.1) is 0 Å². The van der Waals surface area contributed by atoms with E-state index in [0.717, 1.165) is 26.2 Å². The Bertz CT molecular complexity index is 547. The minimum absolute atomic E-state index is 0.0274. The highest BCUT2D eigenvalue weighted by Crippen LogP contribution is 2.14. The number of rotatable bonds is 5. The fraction of sp³-hybridized carbons (Fsp3) is 0.727. The van der Waals surface area contributed by atoms with Gasteiger partial charge in [0.2, 0.25) is 10.0 Å². The maximum atomic E-state index is 12.1. The molecule has 9 heteroatoms. The van der Waals surface area contributed by atoms with Crippen molar-refractivity contribution in [2.45, 2.75) is 4.90 Å². The maximum Gasteiger partial charge on any atom is 0.245 e. The van der Waals surface area contributed by atoms with E-state index in [2.05, 4.69) is 26.7 Å². The zero-order valence-electron chi connectivity index (χ0n) is 11.9. The monoisotopic (exact) mass is 302 g/mol. The van der Waals surface area contributed by atoms with Gasteiger partial charge in [0.15, 0.2) is 5.82 Å². The molecule has 2 heterocycles. The van der Waals surface area contributed by atoms with Crippen molar-refractivity contribution in [3.05, 3.63) is 6.20 Å². The molecule has 3 N–H and O–H groups in total. The average molecular weight is 302 g/mol. The summed E-state index contributed by atoms with van der Waals surface area (Å²) in [5.41, 5.74) is 5.59. The third-order valence-electron chi connectivity index (χ3n) is 3.43.